The van der Waals surface area contributed by atoms with Gasteiger partial charge in [0.2, 0.25) is 5.82 Å². The summed E-state index contributed by atoms with van der Waals surface area (Å²) in [6, 6.07) is -0.267. The Morgan fingerprint density at radius 2 is 2.27 bits per heavy atom. The third-order valence-electron chi connectivity index (χ3n) is 2.12. The molecule has 0 bridgehead atoms. The summed E-state index contributed by atoms with van der Waals surface area (Å²) in [5.74, 6) is 0.489. The van der Waals surface area contributed by atoms with Gasteiger partial charge in [-0.15, -0.1) is 5.10 Å². The van der Waals surface area contributed by atoms with Crippen LogP contribution in [0.3, 0.4) is 0 Å². The van der Waals surface area contributed by atoms with Crippen LogP contribution in [0.4, 0.5) is 0 Å². The number of nitrogens with zero attached hydrogens (tertiary/aromatic N) is 2. The lowest BCUT2D eigenvalue weighted by Gasteiger charge is -2.18. The fraction of sp³-hybridized carbons (Fsp3) is 0.667. The first-order valence-electron chi connectivity index (χ1n) is 4.85. The van der Waals surface area contributed by atoms with Gasteiger partial charge in [0.25, 0.3) is 5.91 Å². The first-order chi connectivity index (χ1) is 7.04. The second-order valence-electron chi connectivity index (χ2n) is 3.75. The molecule has 3 N–H and O–H groups in total. The van der Waals surface area contributed by atoms with E-state index in [0.717, 1.165) is 0 Å². The summed E-state index contributed by atoms with van der Waals surface area (Å²) in [6.07, 6.45) is 0. The van der Waals surface area contributed by atoms with Crippen molar-refractivity contribution in [1.29, 1.82) is 0 Å². The van der Waals surface area contributed by atoms with E-state index in [0.29, 0.717) is 5.82 Å². The van der Waals surface area contributed by atoms with Crippen molar-refractivity contribution in [2.24, 2.45) is 5.92 Å². The van der Waals surface area contributed by atoms with Crippen LogP contribution in [-0.4, -0.2) is 38.8 Å². The first kappa shape index (κ1) is 11.6. The van der Waals surface area contributed by atoms with Gasteiger partial charge in [-0.25, -0.2) is 4.98 Å². The lowest BCUT2D eigenvalue weighted by molar-refractivity contribution is 0.0886. The number of hydrogen-bond donors (Lipinski definition) is 3. The van der Waals surface area contributed by atoms with Gasteiger partial charge in [-0.3, -0.25) is 9.89 Å². The lowest BCUT2D eigenvalue weighted by Crippen LogP contribution is -2.41. The maximum atomic E-state index is 11.6. The quantitative estimate of drug-likeness (QED) is 0.648. The molecule has 1 aromatic rings. The van der Waals surface area contributed by atoms with Gasteiger partial charge in [0.05, 0.1) is 12.6 Å². The fourth-order valence-corrected chi connectivity index (χ4v) is 1.10. The molecule has 1 aromatic heterocycles. The van der Waals surface area contributed by atoms with E-state index < -0.39 is 0 Å². The molecule has 0 unspecified atom stereocenters. The molecule has 0 aromatic carbocycles. The highest BCUT2D eigenvalue weighted by Gasteiger charge is 2.18. The molecule has 0 saturated carbocycles. The highest BCUT2D eigenvalue weighted by molar-refractivity contribution is 5.90. The highest BCUT2D eigenvalue weighted by atomic mass is 16.3. The minimum absolute atomic E-state index is 0.0905. The summed E-state index contributed by atoms with van der Waals surface area (Å²) < 4.78 is 0. The van der Waals surface area contributed by atoms with Gasteiger partial charge < -0.3 is 10.4 Å². The Bertz CT molecular complexity index is 335. The zero-order valence-electron chi connectivity index (χ0n) is 9.11. The summed E-state index contributed by atoms with van der Waals surface area (Å²) in [5.41, 5.74) is 0. The van der Waals surface area contributed by atoms with Crippen LogP contribution in [0.5, 0.6) is 0 Å². The van der Waals surface area contributed by atoms with E-state index in [9.17, 15) is 4.79 Å². The molecule has 1 rings (SSSR count). The zero-order valence-corrected chi connectivity index (χ0v) is 9.11. The Balaban J connectivity index is 2.62. The molecule has 0 radical (unpaired) electrons. The Morgan fingerprint density at radius 3 is 2.67 bits per heavy atom. The third-order valence-corrected chi connectivity index (χ3v) is 2.12. The predicted octanol–water partition coefficient (Wildman–Crippen LogP) is -0.140. The smallest absolute Gasteiger partial charge is 0.291 e. The zero-order chi connectivity index (χ0) is 11.4. The molecule has 1 heterocycles. The Hall–Kier alpha value is -1.43. The molecule has 0 saturated heterocycles. The molecule has 6 heteroatoms. The molecule has 0 spiro atoms. The lowest BCUT2D eigenvalue weighted by atomic mass is 10.1. The summed E-state index contributed by atoms with van der Waals surface area (Å²) in [6.45, 7) is 5.47. The van der Waals surface area contributed by atoms with E-state index in [-0.39, 0.29) is 30.3 Å². The van der Waals surface area contributed by atoms with Crippen molar-refractivity contribution < 1.29 is 9.90 Å². The SMILES string of the molecule is Cc1nc(C(=O)N[C@H](CO)C(C)C)n[nH]1. The van der Waals surface area contributed by atoms with Crippen LogP contribution in [0.15, 0.2) is 0 Å². The number of aromatic amines is 1. The van der Waals surface area contributed by atoms with Crippen molar-refractivity contribution >= 4 is 5.91 Å². The number of carbonyl (C=O) groups is 1. The minimum atomic E-state index is -0.368. The molecule has 6 nitrogen and oxygen atoms in total. The van der Waals surface area contributed by atoms with Crippen molar-refractivity contribution in [3.05, 3.63) is 11.6 Å². The van der Waals surface area contributed by atoms with Gasteiger partial charge in [-0.05, 0) is 12.8 Å². The largest absolute Gasteiger partial charge is 0.394 e. The number of carbonyl (C=O) groups excluding carboxylic acids is 1. The third kappa shape index (κ3) is 3.02. The number of rotatable bonds is 4. The molecule has 1 amide bonds. The number of aliphatic hydroxyl groups excluding tert-OH is 1. The van der Waals surface area contributed by atoms with Crippen LogP contribution < -0.4 is 5.32 Å². The minimum Gasteiger partial charge on any atom is -0.394 e. The van der Waals surface area contributed by atoms with E-state index in [4.69, 9.17) is 5.11 Å². The Kier molecular flexibility index (Phi) is 3.79. The molecule has 0 aliphatic carbocycles. The van der Waals surface area contributed by atoms with Gasteiger partial charge in [0.15, 0.2) is 0 Å². The van der Waals surface area contributed by atoms with Crippen molar-refractivity contribution in [1.82, 2.24) is 20.5 Å². The summed E-state index contributed by atoms with van der Waals surface area (Å²) in [5, 5.41) is 18.0. The van der Waals surface area contributed by atoms with E-state index in [1.54, 1.807) is 6.92 Å². The van der Waals surface area contributed by atoms with Crippen LogP contribution in [0.1, 0.15) is 30.3 Å². The average molecular weight is 212 g/mol. The molecular weight excluding hydrogens is 196 g/mol. The molecule has 0 aliphatic rings. The molecule has 84 valence electrons. The van der Waals surface area contributed by atoms with E-state index in [1.807, 2.05) is 13.8 Å². The van der Waals surface area contributed by atoms with Crippen molar-refractivity contribution in [3.8, 4) is 0 Å². The number of aryl methyl sites for hydroxylation is 1. The van der Waals surface area contributed by atoms with Crippen molar-refractivity contribution in [3.63, 3.8) is 0 Å². The van der Waals surface area contributed by atoms with E-state index >= 15 is 0 Å². The van der Waals surface area contributed by atoms with Gasteiger partial charge in [0.1, 0.15) is 5.82 Å². The summed E-state index contributed by atoms with van der Waals surface area (Å²) in [4.78, 5) is 15.5. The second-order valence-corrected chi connectivity index (χ2v) is 3.75. The van der Waals surface area contributed by atoms with Crippen molar-refractivity contribution in [2.45, 2.75) is 26.8 Å². The number of nitrogens with one attached hydrogen (secondary N) is 2. The number of amides is 1. The van der Waals surface area contributed by atoms with Gasteiger partial charge in [0, 0.05) is 0 Å². The van der Waals surface area contributed by atoms with Crippen molar-refractivity contribution in [2.75, 3.05) is 6.61 Å². The molecule has 0 fully saturated rings. The van der Waals surface area contributed by atoms with Crippen LogP contribution >= 0.6 is 0 Å². The normalized spacial score (nSPS) is 12.9. The first-order valence-corrected chi connectivity index (χ1v) is 4.85. The highest BCUT2D eigenvalue weighted by Crippen LogP contribution is 2.01. The maximum absolute atomic E-state index is 11.6. The van der Waals surface area contributed by atoms with Gasteiger partial charge in [-0.1, -0.05) is 13.8 Å². The predicted molar refractivity (Wildman–Crippen MR) is 54.3 cm³/mol. The number of aliphatic hydroxyl groups is 1. The summed E-state index contributed by atoms with van der Waals surface area (Å²) in [7, 11) is 0. The van der Waals surface area contributed by atoms with Gasteiger partial charge >= 0.3 is 0 Å². The molecular formula is C9H16N4O2. The maximum Gasteiger partial charge on any atom is 0.291 e. The van der Waals surface area contributed by atoms with E-state index in [1.165, 1.54) is 0 Å². The number of hydrogen-bond acceptors (Lipinski definition) is 4. The fourth-order valence-electron chi connectivity index (χ4n) is 1.10. The second kappa shape index (κ2) is 4.88. The molecule has 1 atom stereocenters. The number of H-pyrrole nitrogens is 1. The number of aromatic nitrogens is 3. The topological polar surface area (TPSA) is 90.9 Å². The standard InChI is InChI=1S/C9H16N4O2/c1-5(2)7(4-14)11-9(15)8-10-6(3)12-13-8/h5,7,14H,4H2,1-3H3,(H,11,15)(H,10,12,13)/t7-/m1/s1. The van der Waals surface area contributed by atoms with Crippen LogP contribution in [0.25, 0.3) is 0 Å². The van der Waals surface area contributed by atoms with Crippen LogP contribution in [0.2, 0.25) is 0 Å². The van der Waals surface area contributed by atoms with E-state index in [2.05, 4.69) is 20.5 Å². The molecule has 15 heavy (non-hydrogen) atoms. The van der Waals surface area contributed by atoms with Crippen LogP contribution in [0, 0.1) is 12.8 Å². The monoisotopic (exact) mass is 212 g/mol. The average Bonchev–Trinajstić information content (AvgIpc) is 2.60. The van der Waals surface area contributed by atoms with Gasteiger partial charge in [-0.2, -0.15) is 0 Å². The molecule has 0 aliphatic heterocycles. The Labute approximate surface area is 88.1 Å². The summed E-state index contributed by atoms with van der Waals surface area (Å²) >= 11 is 0. The van der Waals surface area contributed by atoms with Crippen LogP contribution in [-0.2, 0) is 0 Å². The Morgan fingerprint density at radius 1 is 1.60 bits per heavy atom.